The van der Waals surface area contributed by atoms with Gasteiger partial charge in [0.1, 0.15) is 0 Å². The summed E-state index contributed by atoms with van der Waals surface area (Å²) in [6.45, 7) is 4.90. The van der Waals surface area contributed by atoms with Crippen LogP contribution in [0.2, 0.25) is 0 Å². The van der Waals surface area contributed by atoms with Crippen LogP contribution in [0.4, 0.5) is 4.79 Å². The Kier molecular flexibility index (Phi) is 6.43. The average molecular weight is 253 g/mol. The molecule has 18 heavy (non-hydrogen) atoms. The molecule has 5 nitrogen and oxygen atoms in total. The molecule has 1 aliphatic carbocycles. The van der Waals surface area contributed by atoms with Crippen molar-refractivity contribution < 1.29 is 9.59 Å². The lowest BCUT2D eigenvalue weighted by atomic mass is 9.94. The minimum absolute atomic E-state index is 0.285. The number of urea groups is 1. The monoisotopic (exact) mass is 253 g/mol. The molecule has 0 saturated heterocycles. The molecule has 0 heterocycles. The van der Waals surface area contributed by atoms with Gasteiger partial charge in [0.2, 0.25) is 5.91 Å². The molecule has 2 atom stereocenters. The van der Waals surface area contributed by atoms with Crippen molar-refractivity contribution in [3.63, 3.8) is 0 Å². The molecule has 0 aliphatic heterocycles. The molecule has 0 saturated carbocycles. The topological polar surface area (TPSA) is 70.2 Å². The number of carbonyl (C=O) groups excluding carboxylic acids is 2. The summed E-state index contributed by atoms with van der Waals surface area (Å²) in [5.41, 5.74) is 0. The molecule has 0 fully saturated rings. The van der Waals surface area contributed by atoms with E-state index < -0.39 is 6.03 Å². The molecule has 0 aromatic heterocycles. The van der Waals surface area contributed by atoms with Gasteiger partial charge in [-0.05, 0) is 45.6 Å². The van der Waals surface area contributed by atoms with Gasteiger partial charge >= 0.3 is 6.03 Å². The van der Waals surface area contributed by atoms with Crippen LogP contribution in [-0.4, -0.2) is 31.1 Å². The quantitative estimate of drug-likeness (QED) is 0.644. The summed E-state index contributed by atoms with van der Waals surface area (Å²) >= 11 is 0. The van der Waals surface area contributed by atoms with Crippen molar-refractivity contribution in [1.29, 1.82) is 0 Å². The molecule has 0 bridgehead atoms. The lowest BCUT2D eigenvalue weighted by Crippen LogP contribution is -2.48. The van der Waals surface area contributed by atoms with Crippen LogP contribution in [0, 0.1) is 5.92 Å². The van der Waals surface area contributed by atoms with Crippen LogP contribution in [0.1, 0.15) is 33.1 Å². The Morgan fingerprint density at radius 3 is 2.78 bits per heavy atom. The zero-order valence-corrected chi connectivity index (χ0v) is 11.2. The van der Waals surface area contributed by atoms with E-state index in [0.717, 1.165) is 25.8 Å². The Hall–Kier alpha value is -1.36. The summed E-state index contributed by atoms with van der Waals surface area (Å²) in [5, 5.41) is 8.01. The number of carbonyl (C=O) groups is 2. The van der Waals surface area contributed by atoms with Crippen LogP contribution >= 0.6 is 0 Å². The summed E-state index contributed by atoms with van der Waals surface area (Å²) < 4.78 is 0. The molecule has 2 unspecified atom stereocenters. The molecule has 3 amide bonds. The van der Waals surface area contributed by atoms with E-state index in [1.807, 2.05) is 6.92 Å². The normalized spacial score (nSPS) is 20.2. The van der Waals surface area contributed by atoms with E-state index >= 15 is 0 Å². The van der Waals surface area contributed by atoms with E-state index in [2.05, 4.69) is 28.1 Å². The van der Waals surface area contributed by atoms with Crippen molar-refractivity contribution in [1.82, 2.24) is 16.0 Å². The lowest BCUT2D eigenvalue weighted by molar-refractivity contribution is -0.121. The second-order valence-electron chi connectivity index (χ2n) is 4.63. The fourth-order valence-electron chi connectivity index (χ4n) is 1.90. The molecule has 0 radical (unpaired) electrons. The fraction of sp³-hybridized carbons (Fsp3) is 0.692. The van der Waals surface area contributed by atoms with Gasteiger partial charge < -0.3 is 10.6 Å². The Labute approximate surface area is 108 Å². The molecular formula is C13H23N3O2. The molecule has 3 N–H and O–H groups in total. The van der Waals surface area contributed by atoms with Gasteiger partial charge in [-0.15, -0.1) is 0 Å². The van der Waals surface area contributed by atoms with Crippen molar-refractivity contribution in [3.05, 3.63) is 12.2 Å². The number of hydrogen-bond donors (Lipinski definition) is 3. The largest absolute Gasteiger partial charge is 0.338 e. The maximum Gasteiger partial charge on any atom is 0.321 e. The number of nitrogens with one attached hydrogen (secondary N) is 3. The molecule has 1 aliphatic rings. The molecule has 1 rings (SSSR count). The molecule has 0 spiro atoms. The summed E-state index contributed by atoms with van der Waals surface area (Å²) in [7, 11) is 0. The van der Waals surface area contributed by atoms with Gasteiger partial charge in [-0.3, -0.25) is 10.1 Å². The average Bonchev–Trinajstić information content (AvgIpc) is 2.37. The number of rotatable bonds is 5. The third-order valence-corrected chi connectivity index (χ3v) is 3.06. The number of hydrogen-bond acceptors (Lipinski definition) is 3. The van der Waals surface area contributed by atoms with Crippen LogP contribution in [-0.2, 0) is 4.79 Å². The second-order valence-corrected chi connectivity index (χ2v) is 4.63. The Balaban J connectivity index is 2.22. The summed E-state index contributed by atoms with van der Waals surface area (Å²) in [4.78, 5) is 22.8. The van der Waals surface area contributed by atoms with Gasteiger partial charge in [-0.1, -0.05) is 12.2 Å². The second kappa shape index (κ2) is 7.87. The van der Waals surface area contributed by atoms with Gasteiger partial charge in [-0.2, -0.15) is 0 Å². The maximum atomic E-state index is 11.7. The Morgan fingerprint density at radius 2 is 2.17 bits per heavy atom. The highest BCUT2D eigenvalue weighted by atomic mass is 16.2. The van der Waals surface area contributed by atoms with Crippen molar-refractivity contribution in [2.75, 3.05) is 13.1 Å². The first-order chi connectivity index (χ1) is 8.63. The summed E-state index contributed by atoms with van der Waals surface area (Å²) in [6, 6.07) is -0.782. The standard InChI is InChI=1S/C13H23N3O2/c1-3-14-13(18)16-12(17)10(2)15-9-11-7-5-4-6-8-11/h4-5,10-11,15H,3,6-9H2,1-2H3,(H2,14,16,17,18). The molecule has 0 aromatic rings. The van der Waals surface area contributed by atoms with Gasteiger partial charge in [0.25, 0.3) is 0 Å². The highest BCUT2D eigenvalue weighted by Gasteiger charge is 2.17. The Morgan fingerprint density at radius 1 is 1.39 bits per heavy atom. The van der Waals surface area contributed by atoms with Gasteiger partial charge in [0.05, 0.1) is 6.04 Å². The van der Waals surface area contributed by atoms with Gasteiger partial charge in [-0.25, -0.2) is 4.79 Å². The molecule has 0 aromatic carbocycles. The summed E-state index contributed by atoms with van der Waals surface area (Å²) in [5.74, 6) is 0.307. The fourth-order valence-corrected chi connectivity index (χ4v) is 1.90. The predicted molar refractivity (Wildman–Crippen MR) is 71.2 cm³/mol. The zero-order chi connectivity index (χ0) is 13.4. The summed E-state index contributed by atoms with van der Waals surface area (Å²) in [6.07, 6.45) is 7.73. The minimum atomic E-state index is -0.434. The SMILES string of the molecule is CCNC(=O)NC(=O)C(C)NCC1CC=CCC1. The first kappa shape index (κ1) is 14.7. The van der Waals surface area contributed by atoms with E-state index in [1.54, 1.807) is 6.92 Å². The van der Waals surface area contributed by atoms with E-state index in [0.29, 0.717) is 12.5 Å². The third kappa shape index (κ3) is 5.31. The number of allylic oxidation sites excluding steroid dienone is 2. The van der Waals surface area contributed by atoms with E-state index in [4.69, 9.17) is 0 Å². The molecule has 5 heteroatoms. The maximum absolute atomic E-state index is 11.7. The van der Waals surface area contributed by atoms with Crippen molar-refractivity contribution in [3.8, 4) is 0 Å². The van der Waals surface area contributed by atoms with Crippen LogP contribution in [0.15, 0.2) is 12.2 Å². The zero-order valence-electron chi connectivity index (χ0n) is 11.2. The lowest BCUT2D eigenvalue weighted by Gasteiger charge is -2.20. The predicted octanol–water partition coefficient (Wildman–Crippen LogP) is 1.17. The van der Waals surface area contributed by atoms with E-state index in [9.17, 15) is 9.59 Å². The highest BCUT2D eigenvalue weighted by molar-refractivity contribution is 5.96. The van der Waals surface area contributed by atoms with Crippen molar-refractivity contribution in [2.24, 2.45) is 5.92 Å². The highest BCUT2D eigenvalue weighted by Crippen LogP contribution is 2.16. The first-order valence-electron chi connectivity index (χ1n) is 6.60. The molecule has 102 valence electrons. The smallest absolute Gasteiger partial charge is 0.321 e. The molecular weight excluding hydrogens is 230 g/mol. The van der Waals surface area contributed by atoms with Gasteiger partial charge in [0, 0.05) is 6.54 Å². The van der Waals surface area contributed by atoms with Crippen LogP contribution < -0.4 is 16.0 Å². The third-order valence-electron chi connectivity index (χ3n) is 3.06. The minimum Gasteiger partial charge on any atom is -0.338 e. The van der Waals surface area contributed by atoms with Crippen LogP contribution in [0.5, 0.6) is 0 Å². The van der Waals surface area contributed by atoms with E-state index in [1.165, 1.54) is 0 Å². The van der Waals surface area contributed by atoms with Crippen LogP contribution in [0.3, 0.4) is 0 Å². The van der Waals surface area contributed by atoms with E-state index in [-0.39, 0.29) is 11.9 Å². The first-order valence-corrected chi connectivity index (χ1v) is 6.60. The van der Waals surface area contributed by atoms with Crippen molar-refractivity contribution in [2.45, 2.75) is 39.2 Å². The number of imide groups is 1. The number of amides is 3. The van der Waals surface area contributed by atoms with Crippen LogP contribution in [0.25, 0.3) is 0 Å². The van der Waals surface area contributed by atoms with Crippen molar-refractivity contribution >= 4 is 11.9 Å². The van der Waals surface area contributed by atoms with Gasteiger partial charge in [0.15, 0.2) is 0 Å². The Bertz CT molecular complexity index is 315.